The van der Waals surface area contributed by atoms with Gasteiger partial charge in [0.25, 0.3) is 17.3 Å². The average molecular weight is 396 g/mol. The molecule has 11 nitrogen and oxygen atoms in total. The van der Waals surface area contributed by atoms with Crippen molar-refractivity contribution in [2.24, 2.45) is 5.10 Å². The summed E-state index contributed by atoms with van der Waals surface area (Å²) in [5, 5.41) is 35.0. The Kier molecular flexibility index (Phi) is 5.30. The Morgan fingerprint density at radius 2 is 1.76 bits per heavy atom. The fraction of sp³-hybridized carbons (Fsp3) is 0. The number of hydrogen-bond donors (Lipinski definition) is 2. The number of hydrogen-bond acceptors (Lipinski definition) is 8. The maximum Gasteiger partial charge on any atom is 0.275 e. The number of benzene rings is 2. The molecular weight excluding hydrogens is 384 g/mol. The lowest BCUT2D eigenvalue weighted by molar-refractivity contribution is -0.385. The van der Waals surface area contributed by atoms with Crippen molar-refractivity contribution < 1.29 is 24.2 Å². The van der Waals surface area contributed by atoms with Crippen molar-refractivity contribution in [3.63, 3.8) is 0 Å². The monoisotopic (exact) mass is 396 g/mol. The van der Waals surface area contributed by atoms with Crippen molar-refractivity contribution in [1.82, 2.24) is 5.43 Å². The van der Waals surface area contributed by atoms with Crippen LogP contribution in [-0.4, -0.2) is 27.1 Å². The Labute approximate surface area is 162 Å². The van der Waals surface area contributed by atoms with Gasteiger partial charge in [0.2, 0.25) is 0 Å². The Morgan fingerprint density at radius 3 is 2.48 bits per heavy atom. The summed E-state index contributed by atoms with van der Waals surface area (Å²) in [5.74, 6) is -0.685. The predicted molar refractivity (Wildman–Crippen MR) is 101 cm³/mol. The van der Waals surface area contributed by atoms with Crippen LogP contribution < -0.4 is 5.43 Å². The van der Waals surface area contributed by atoms with Gasteiger partial charge in [-0.2, -0.15) is 5.10 Å². The van der Waals surface area contributed by atoms with Gasteiger partial charge in [0.1, 0.15) is 17.3 Å². The third kappa shape index (κ3) is 4.42. The molecular formula is C18H12N4O7. The van der Waals surface area contributed by atoms with Gasteiger partial charge in [0, 0.05) is 29.8 Å². The molecule has 1 heterocycles. The molecule has 0 radical (unpaired) electrons. The number of nitro benzene ring substituents is 2. The number of nitrogens with zero attached hydrogens (tertiary/aromatic N) is 3. The van der Waals surface area contributed by atoms with E-state index in [0.717, 1.165) is 18.2 Å². The van der Waals surface area contributed by atoms with Crippen LogP contribution in [-0.2, 0) is 0 Å². The molecule has 0 fully saturated rings. The maximum atomic E-state index is 12.1. The second kappa shape index (κ2) is 8.00. The first-order valence-corrected chi connectivity index (χ1v) is 8.00. The van der Waals surface area contributed by atoms with Crippen LogP contribution in [0.3, 0.4) is 0 Å². The molecule has 2 N–H and O–H groups in total. The summed E-state index contributed by atoms with van der Waals surface area (Å²) in [7, 11) is 0. The highest BCUT2D eigenvalue weighted by molar-refractivity contribution is 5.97. The molecule has 3 rings (SSSR count). The molecule has 0 saturated carbocycles. The number of non-ortho nitro benzene ring substituents is 2. The Hall–Kier alpha value is -4.54. The molecule has 0 atom stereocenters. The Balaban J connectivity index is 1.71. The first-order valence-electron chi connectivity index (χ1n) is 8.00. The Bertz CT molecular complexity index is 1140. The second-order valence-electron chi connectivity index (χ2n) is 5.67. The number of nitrogens with one attached hydrogen (secondary N) is 1. The van der Waals surface area contributed by atoms with Crippen molar-refractivity contribution >= 4 is 23.5 Å². The van der Waals surface area contributed by atoms with Crippen LogP contribution in [0.15, 0.2) is 64.1 Å². The molecule has 146 valence electrons. The first kappa shape index (κ1) is 19.2. The second-order valence-corrected chi connectivity index (χ2v) is 5.67. The van der Waals surface area contributed by atoms with E-state index < -0.39 is 21.5 Å². The lowest BCUT2D eigenvalue weighted by Gasteiger charge is -2.02. The molecule has 0 spiro atoms. The van der Waals surface area contributed by atoms with E-state index in [1.807, 2.05) is 0 Å². The van der Waals surface area contributed by atoms with E-state index in [-0.39, 0.29) is 22.7 Å². The number of amides is 1. The summed E-state index contributed by atoms with van der Waals surface area (Å²) in [6.07, 6.45) is 1.17. The fourth-order valence-electron chi connectivity index (χ4n) is 2.38. The zero-order valence-electron chi connectivity index (χ0n) is 14.5. The van der Waals surface area contributed by atoms with Gasteiger partial charge in [0.05, 0.1) is 21.6 Å². The number of rotatable bonds is 6. The molecule has 3 aromatic rings. The van der Waals surface area contributed by atoms with Crippen LogP contribution >= 0.6 is 0 Å². The largest absolute Gasteiger partial charge is 0.507 e. The highest BCUT2D eigenvalue weighted by atomic mass is 16.6. The third-order valence-electron chi connectivity index (χ3n) is 3.76. The van der Waals surface area contributed by atoms with E-state index in [4.69, 9.17) is 4.42 Å². The standard InChI is InChI=1S/C18H12N4O7/c23-16-6-4-13(22(27)28)9-15(16)18(24)20-19-10-14-5-7-17(29-14)11-2-1-3-12(8-11)21(25)26/h1-10,23H,(H,20,24)/b19-10+. The van der Waals surface area contributed by atoms with Crippen molar-refractivity contribution in [1.29, 1.82) is 0 Å². The molecule has 0 aliphatic rings. The van der Waals surface area contributed by atoms with Crippen LogP contribution in [0.5, 0.6) is 5.75 Å². The van der Waals surface area contributed by atoms with Gasteiger partial charge in [-0.05, 0) is 18.2 Å². The number of aromatic hydroxyl groups is 1. The quantitative estimate of drug-likeness (QED) is 0.367. The third-order valence-corrected chi connectivity index (χ3v) is 3.76. The highest BCUT2D eigenvalue weighted by Crippen LogP contribution is 2.25. The molecule has 1 aromatic heterocycles. The number of carbonyl (C=O) groups is 1. The minimum absolute atomic E-state index is 0.0851. The summed E-state index contributed by atoms with van der Waals surface area (Å²) < 4.78 is 5.50. The van der Waals surface area contributed by atoms with E-state index in [2.05, 4.69) is 10.5 Å². The molecule has 0 aliphatic carbocycles. The SMILES string of the molecule is O=C(N/N=C/c1ccc(-c2cccc([N+](=O)[O-])c2)o1)c1cc([N+](=O)[O-])ccc1O. The van der Waals surface area contributed by atoms with Crippen molar-refractivity contribution in [2.45, 2.75) is 0 Å². The summed E-state index contributed by atoms with van der Waals surface area (Å²) in [6, 6.07) is 12.0. The van der Waals surface area contributed by atoms with Crippen molar-refractivity contribution in [3.8, 4) is 17.1 Å². The van der Waals surface area contributed by atoms with E-state index in [1.165, 1.54) is 30.5 Å². The molecule has 2 aromatic carbocycles. The lowest BCUT2D eigenvalue weighted by atomic mass is 10.1. The van der Waals surface area contributed by atoms with Gasteiger partial charge in [0.15, 0.2) is 0 Å². The number of nitro groups is 2. The molecule has 0 aliphatic heterocycles. The Morgan fingerprint density at radius 1 is 1.03 bits per heavy atom. The number of carbonyl (C=O) groups excluding carboxylic acids is 1. The summed E-state index contributed by atoms with van der Waals surface area (Å²) >= 11 is 0. The van der Waals surface area contributed by atoms with Crippen LogP contribution in [0.1, 0.15) is 16.1 Å². The highest BCUT2D eigenvalue weighted by Gasteiger charge is 2.16. The topological polar surface area (TPSA) is 161 Å². The summed E-state index contributed by atoms with van der Waals surface area (Å²) in [4.78, 5) is 32.5. The average Bonchev–Trinajstić information content (AvgIpc) is 3.17. The molecule has 11 heteroatoms. The van der Waals surface area contributed by atoms with Gasteiger partial charge >= 0.3 is 0 Å². The summed E-state index contributed by atoms with van der Waals surface area (Å²) in [6.45, 7) is 0. The normalized spacial score (nSPS) is 10.8. The van der Waals surface area contributed by atoms with Crippen LogP contribution in [0.2, 0.25) is 0 Å². The van der Waals surface area contributed by atoms with E-state index >= 15 is 0 Å². The van der Waals surface area contributed by atoms with E-state index in [9.17, 15) is 30.1 Å². The number of furan rings is 1. The van der Waals surface area contributed by atoms with Crippen molar-refractivity contribution in [2.75, 3.05) is 0 Å². The van der Waals surface area contributed by atoms with Gasteiger partial charge in [-0.3, -0.25) is 25.0 Å². The lowest BCUT2D eigenvalue weighted by Crippen LogP contribution is -2.17. The van der Waals surface area contributed by atoms with Crippen LogP contribution in [0.25, 0.3) is 11.3 Å². The van der Waals surface area contributed by atoms with Crippen LogP contribution in [0, 0.1) is 20.2 Å². The minimum atomic E-state index is -0.854. The van der Waals surface area contributed by atoms with Crippen LogP contribution in [0.4, 0.5) is 11.4 Å². The molecule has 1 amide bonds. The fourth-order valence-corrected chi connectivity index (χ4v) is 2.38. The number of phenolic OH excluding ortho intramolecular Hbond substituents is 1. The van der Waals surface area contributed by atoms with Gasteiger partial charge in [-0.25, -0.2) is 5.43 Å². The maximum absolute atomic E-state index is 12.1. The predicted octanol–water partition coefficient (Wildman–Crippen LogP) is 3.23. The zero-order valence-corrected chi connectivity index (χ0v) is 14.5. The summed E-state index contributed by atoms with van der Waals surface area (Å²) in [5.41, 5.74) is 1.86. The van der Waals surface area contributed by atoms with Crippen molar-refractivity contribution in [3.05, 3.63) is 86.1 Å². The van der Waals surface area contributed by atoms with E-state index in [1.54, 1.807) is 12.1 Å². The molecule has 29 heavy (non-hydrogen) atoms. The molecule has 0 unspecified atom stereocenters. The number of phenols is 1. The number of hydrazone groups is 1. The van der Waals surface area contributed by atoms with Gasteiger partial charge < -0.3 is 9.52 Å². The smallest absolute Gasteiger partial charge is 0.275 e. The van der Waals surface area contributed by atoms with Gasteiger partial charge in [-0.15, -0.1) is 0 Å². The van der Waals surface area contributed by atoms with E-state index in [0.29, 0.717) is 11.3 Å². The van der Waals surface area contributed by atoms with Gasteiger partial charge in [-0.1, -0.05) is 12.1 Å². The molecule has 0 bridgehead atoms. The zero-order chi connectivity index (χ0) is 21.0. The minimum Gasteiger partial charge on any atom is -0.507 e. The first-order chi connectivity index (χ1) is 13.8. The molecule has 0 saturated heterocycles.